The molecule has 9 nitrogen and oxygen atoms in total. The van der Waals surface area contributed by atoms with Crippen LogP contribution in [0, 0.1) is 0 Å². The van der Waals surface area contributed by atoms with Crippen molar-refractivity contribution < 1.29 is 13.9 Å². The number of nitrogens with zero attached hydrogens (tertiary/aromatic N) is 7. The number of piperidine rings is 1. The Bertz CT molecular complexity index is 1170. The number of amides is 1. The fourth-order valence-corrected chi connectivity index (χ4v) is 5.21. The van der Waals surface area contributed by atoms with Gasteiger partial charge in [0.1, 0.15) is 17.7 Å². The standard InChI is InChI=1S/C26H34FN7O2/c1-19(18-31-13-15-32(16-14-31)20(2)35)36-23-5-3-21(4-6-23)22-9-11-33(12-10-22)25-8-7-24-28-29-26(17-27)34(24)30-25/h3-8,19,22H,9-18H2,1-2H3/t19-/m0/s1. The van der Waals surface area contributed by atoms with E-state index in [0.717, 1.165) is 70.2 Å². The minimum Gasteiger partial charge on any atom is -0.489 e. The number of halogens is 1. The summed E-state index contributed by atoms with van der Waals surface area (Å²) in [7, 11) is 0. The van der Waals surface area contributed by atoms with Crippen LogP contribution in [0.3, 0.4) is 0 Å². The molecule has 0 radical (unpaired) electrons. The highest BCUT2D eigenvalue weighted by atomic mass is 19.1. The van der Waals surface area contributed by atoms with Crippen molar-refractivity contribution >= 4 is 17.4 Å². The van der Waals surface area contributed by atoms with E-state index in [0.29, 0.717) is 11.6 Å². The zero-order chi connectivity index (χ0) is 25.1. The van der Waals surface area contributed by atoms with E-state index in [1.807, 2.05) is 17.0 Å². The number of benzene rings is 1. The highest BCUT2D eigenvalue weighted by Gasteiger charge is 2.23. The lowest BCUT2D eigenvalue weighted by molar-refractivity contribution is -0.130. The molecule has 2 aliphatic rings. The van der Waals surface area contributed by atoms with Crippen LogP contribution in [-0.2, 0) is 11.5 Å². The second-order valence-electron chi connectivity index (χ2n) is 9.78. The fourth-order valence-electron chi connectivity index (χ4n) is 5.21. The number of hydrogen-bond acceptors (Lipinski definition) is 7. The van der Waals surface area contributed by atoms with Crippen molar-refractivity contribution in [2.45, 2.75) is 45.4 Å². The summed E-state index contributed by atoms with van der Waals surface area (Å²) in [5, 5.41) is 12.4. The van der Waals surface area contributed by atoms with Gasteiger partial charge in [0.2, 0.25) is 5.91 Å². The van der Waals surface area contributed by atoms with Gasteiger partial charge in [0.05, 0.1) is 0 Å². The second-order valence-corrected chi connectivity index (χ2v) is 9.78. The summed E-state index contributed by atoms with van der Waals surface area (Å²) < 4.78 is 20.8. The highest BCUT2D eigenvalue weighted by Crippen LogP contribution is 2.31. The molecule has 0 unspecified atom stereocenters. The van der Waals surface area contributed by atoms with E-state index in [4.69, 9.17) is 4.74 Å². The molecule has 36 heavy (non-hydrogen) atoms. The van der Waals surface area contributed by atoms with Crippen molar-refractivity contribution in [2.75, 3.05) is 50.7 Å². The predicted octanol–water partition coefficient (Wildman–Crippen LogP) is 2.91. The van der Waals surface area contributed by atoms with E-state index >= 15 is 0 Å². The van der Waals surface area contributed by atoms with E-state index < -0.39 is 6.67 Å². The summed E-state index contributed by atoms with van der Waals surface area (Å²) in [4.78, 5) is 18.0. The first-order chi connectivity index (χ1) is 17.5. The van der Waals surface area contributed by atoms with Gasteiger partial charge < -0.3 is 14.5 Å². The molecule has 10 heteroatoms. The molecular formula is C26H34FN7O2. The van der Waals surface area contributed by atoms with Crippen LogP contribution in [-0.4, -0.2) is 87.4 Å². The minimum atomic E-state index is -0.684. The first-order valence-electron chi connectivity index (χ1n) is 12.8. The van der Waals surface area contributed by atoms with Crippen molar-refractivity contribution in [3.63, 3.8) is 0 Å². The molecule has 1 atom stereocenters. The van der Waals surface area contributed by atoms with E-state index in [1.165, 1.54) is 10.1 Å². The Kier molecular flexibility index (Phi) is 7.31. The summed E-state index contributed by atoms with van der Waals surface area (Å²) in [6.45, 7) is 9.06. The van der Waals surface area contributed by atoms with E-state index in [2.05, 4.69) is 56.3 Å². The Balaban J connectivity index is 1.11. The summed E-state index contributed by atoms with van der Waals surface area (Å²) in [6, 6.07) is 12.3. The van der Waals surface area contributed by atoms with Gasteiger partial charge in [-0.05, 0) is 55.5 Å². The largest absolute Gasteiger partial charge is 0.489 e. The molecule has 5 rings (SSSR count). The predicted molar refractivity (Wildman–Crippen MR) is 135 cm³/mol. The summed E-state index contributed by atoms with van der Waals surface area (Å²) in [5.74, 6) is 2.60. The molecule has 3 aromatic rings. The number of carbonyl (C=O) groups excluding carboxylic acids is 1. The van der Waals surface area contributed by atoms with Crippen molar-refractivity contribution in [2.24, 2.45) is 0 Å². The minimum absolute atomic E-state index is 0.0800. The Labute approximate surface area is 210 Å². The summed E-state index contributed by atoms with van der Waals surface area (Å²) >= 11 is 0. The van der Waals surface area contributed by atoms with Crippen LogP contribution in [0.5, 0.6) is 5.75 Å². The molecule has 2 aromatic heterocycles. The Morgan fingerprint density at radius 3 is 2.42 bits per heavy atom. The highest BCUT2D eigenvalue weighted by molar-refractivity contribution is 5.73. The van der Waals surface area contributed by atoms with Gasteiger partial charge in [-0.25, -0.2) is 4.39 Å². The number of hydrogen-bond donors (Lipinski definition) is 0. The van der Waals surface area contributed by atoms with Crippen molar-refractivity contribution in [3.05, 3.63) is 47.8 Å². The first kappa shape index (κ1) is 24.4. The van der Waals surface area contributed by atoms with Crippen LogP contribution >= 0.6 is 0 Å². The zero-order valence-corrected chi connectivity index (χ0v) is 21.0. The Morgan fingerprint density at radius 2 is 1.75 bits per heavy atom. The van der Waals surface area contributed by atoms with Crippen LogP contribution in [0.25, 0.3) is 5.65 Å². The number of piperazine rings is 1. The lowest BCUT2D eigenvalue weighted by Crippen LogP contribution is -2.50. The van der Waals surface area contributed by atoms with Gasteiger partial charge >= 0.3 is 0 Å². The number of carbonyl (C=O) groups is 1. The van der Waals surface area contributed by atoms with E-state index in [1.54, 1.807) is 6.92 Å². The zero-order valence-electron chi connectivity index (χ0n) is 21.0. The molecule has 2 aliphatic heterocycles. The Hall–Kier alpha value is -3.27. The third kappa shape index (κ3) is 5.43. The maximum atomic E-state index is 13.1. The molecule has 0 saturated carbocycles. The van der Waals surface area contributed by atoms with Gasteiger partial charge in [-0.15, -0.1) is 15.3 Å². The third-order valence-electron chi connectivity index (χ3n) is 7.27. The van der Waals surface area contributed by atoms with Crippen molar-refractivity contribution in [1.82, 2.24) is 29.6 Å². The molecule has 0 aliphatic carbocycles. The SMILES string of the molecule is CC(=O)N1CCN(C[C@H](C)Oc2ccc(C3CCN(c4ccc5nnc(CF)n5n4)CC3)cc2)CC1. The van der Waals surface area contributed by atoms with Crippen LogP contribution in [0.1, 0.15) is 44.0 Å². The van der Waals surface area contributed by atoms with Gasteiger partial charge in [-0.1, -0.05) is 12.1 Å². The van der Waals surface area contributed by atoms with Gasteiger partial charge in [0, 0.05) is 52.7 Å². The first-order valence-corrected chi connectivity index (χ1v) is 12.8. The quantitative estimate of drug-likeness (QED) is 0.499. The van der Waals surface area contributed by atoms with Crippen LogP contribution < -0.4 is 9.64 Å². The molecule has 192 valence electrons. The third-order valence-corrected chi connectivity index (χ3v) is 7.27. The maximum absolute atomic E-state index is 13.1. The van der Waals surface area contributed by atoms with Gasteiger partial charge in [0.25, 0.3) is 0 Å². The molecule has 0 N–H and O–H groups in total. The lowest BCUT2D eigenvalue weighted by atomic mass is 9.89. The maximum Gasteiger partial charge on any atom is 0.219 e. The number of fused-ring (bicyclic) bond motifs is 1. The normalized spacial score (nSPS) is 18.5. The second kappa shape index (κ2) is 10.8. The number of rotatable bonds is 7. The average molecular weight is 496 g/mol. The molecule has 0 bridgehead atoms. The monoisotopic (exact) mass is 495 g/mol. The number of anilines is 1. The molecule has 4 heterocycles. The molecule has 1 amide bonds. The van der Waals surface area contributed by atoms with E-state index in [-0.39, 0.29) is 17.8 Å². The van der Waals surface area contributed by atoms with Gasteiger partial charge in [0.15, 0.2) is 18.1 Å². The fraction of sp³-hybridized carbons (Fsp3) is 0.538. The number of alkyl halides is 1. The summed E-state index contributed by atoms with van der Waals surface area (Å²) in [6.07, 6.45) is 2.14. The topological polar surface area (TPSA) is 79.1 Å². The van der Waals surface area contributed by atoms with Crippen LogP contribution in [0.2, 0.25) is 0 Å². The molecular weight excluding hydrogens is 461 g/mol. The molecule has 0 spiro atoms. The smallest absolute Gasteiger partial charge is 0.219 e. The van der Waals surface area contributed by atoms with Gasteiger partial charge in [-0.2, -0.15) is 4.52 Å². The molecule has 1 aromatic carbocycles. The molecule has 2 fully saturated rings. The number of aromatic nitrogens is 4. The average Bonchev–Trinajstić information content (AvgIpc) is 3.32. The van der Waals surface area contributed by atoms with Gasteiger partial charge in [-0.3, -0.25) is 9.69 Å². The van der Waals surface area contributed by atoms with E-state index in [9.17, 15) is 9.18 Å². The Morgan fingerprint density at radius 1 is 1.03 bits per heavy atom. The van der Waals surface area contributed by atoms with Crippen LogP contribution in [0.4, 0.5) is 10.2 Å². The summed E-state index contributed by atoms with van der Waals surface area (Å²) in [5.41, 5.74) is 1.89. The number of ether oxygens (including phenoxy) is 1. The molecule has 2 saturated heterocycles. The van der Waals surface area contributed by atoms with Crippen LogP contribution in [0.15, 0.2) is 36.4 Å². The van der Waals surface area contributed by atoms with Crippen molar-refractivity contribution in [1.29, 1.82) is 0 Å². The lowest BCUT2D eigenvalue weighted by Gasteiger charge is -2.35. The van der Waals surface area contributed by atoms with Crippen molar-refractivity contribution in [3.8, 4) is 5.75 Å².